The topological polar surface area (TPSA) is 58.6 Å². The second-order valence-corrected chi connectivity index (χ2v) is 9.39. The van der Waals surface area contributed by atoms with Crippen molar-refractivity contribution in [2.24, 2.45) is 5.92 Å². The van der Waals surface area contributed by atoms with E-state index in [1.54, 1.807) is 11.8 Å². The molecule has 3 atom stereocenters. The van der Waals surface area contributed by atoms with Crippen LogP contribution in [0.2, 0.25) is 0 Å². The van der Waals surface area contributed by atoms with Gasteiger partial charge in [0.2, 0.25) is 0 Å². The second kappa shape index (κ2) is 8.15. The summed E-state index contributed by atoms with van der Waals surface area (Å²) in [5.74, 6) is 2.10. The molecule has 21 heavy (non-hydrogen) atoms. The molecule has 3 unspecified atom stereocenters. The van der Waals surface area contributed by atoms with Crippen molar-refractivity contribution >= 4 is 21.6 Å². The maximum atomic E-state index is 12.0. The van der Waals surface area contributed by atoms with E-state index in [1.807, 2.05) is 0 Å². The maximum absolute atomic E-state index is 12.0. The molecule has 2 rings (SSSR count). The van der Waals surface area contributed by atoms with Gasteiger partial charge in [0, 0.05) is 49.4 Å². The highest BCUT2D eigenvalue weighted by atomic mass is 32.2. The predicted molar refractivity (Wildman–Crippen MR) is 88.5 cm³/mol. The van der Waals surface area contributed by atoms with Crippen LogP contribution in [-0.2, 0) is 14.6 Å². The third-order valence-corrected chi connectivity index (χ3v) is 6.97. The SMILES string of the molecule is CCCNC1CCOCC1CN1CCSCC1S(C)(=O)=O. The first-order valence-corrected chi connectivity index (χ1v) is 10.9. The Kier molecular flexibility index (Phi) is 6.80. The zero-order chi connectivity index (χ0) is 15.3. The van der Waals surface area contributed by atoms with Gasteiger partial charge < -0.3 is 10.1 Å². The molecule has 0 aromatic heterocycles. The van der Waals surface area contributed by atoms with Gasteiger partial charge in [-0.05, 0) is 19.4 Å². The van der Waals surface area contributed by atoms with Crippen molar-refractivity contribution in [3.8, 4) is 0 Å². The molecule has 5 nitrogen and oxygen atoms in total. The smallest absolute Gasteiger partial charge is 0.164 e. The number of hydrogen-bond acceptors (Lipinski definition) is 6. The molecule has 0 radical (unpaired) electrons. The third kappa shape index (κ3) is 5.10. The summed E-state index contributed by atoms with van der Waals surface area (Å²) in [6.07, 6.45) is 3.51. The van der Waals surface area contributed by atoms with E-state index in [9.17, 15) is 8.42 Å². The van der Waals surface area contributed by atoms with Crippen LogP contribution in [0.3, 0.4) is 0 Å². The monoisotopic (exact) mass is 336 g/mol. The van der Waals surface area contributed by atoms with E-state index >= 15 is 0 Å². The number of nitrogens with one attached hydrogen (secondary N) is 1. The molecule has 2 saturated heterocycles. The molecule has 1 N–H and O–H groups in total. The summed E-state index contributed by atoms with van der Waals surface area (Å²) < 4.78 is 29.6. The Morgan fingerprint density at radius 2 is 2.24 bits per heavy atom. The van der Waals surface area contributed by atoms with E-state index in [0.717, 1.165) is 51.4 Å². The Hall–Kier alpha value is 0.180. The average molecular weight is 337 g/mol. The van der Waals surface area contributed by atoms with Gasteiger partial charge in [-0.15, -0.1) is 0 Å². The van der Waals surface area contributed by atoms with Crippen molar-refractivity contribution in [2.75, 3.05) is 50.6 Å². The number of rotatable bonds is 6. The van der Waals surface area contributed by atoms with Crippen LogP contribution in [0.1, 0.15) is 19.8 Å². The Morgan fingerprint density at radius 1 is 1.43 bits per heavy atom. The first-order valence-electron chi connectivity index (χ1n) is 7.84. The highest BCUT2D eigenvalue weighted by molar-refractivity contribution is 8.00. The summed E-state index contributed by atoms with van der Waals surface area (Å²) in [5, 5.41) is 3.27. The molecule has 0 aromatic carbocycles. The van der Waals surface area contributed by atoms with Crippen molar-refractivity contribution in [2.45, 2.75) is 31.2 Å². The molecular formula is C14H28N2O3S2. The lowest BCUT2D eigenvalue weighted by molar-refractivity contribution is 0.0160. The van der Waals surface area contributed by atoms with Crippen molar-refractivity contribution in [1.29, 1.82) is 0 Å². The zero-order valence-electron chi connectivity index (χ0n) is 13.1. The van der Waals surface area contributed by atoms with Gasteiger partial charge in [0.15, 0.2) is 9.84 Å². The van der Waals surface area contributed by atoms with Crippen LogP contribution >= 0.6 is 11.8 Å². The third-order valence-electron chi connectivity index (χ3n) is 4.28. The number of hydrogen-bond donors (Lipinski definition) is 1. The minimum Gasteiger partial charge on any atom is -0.381 e. The van der Waals surface area contributed by atoms with E-state index in [2.05, 4.69) is 17.1 Å². The lowest BCUT2D eigenvalue weighted by Crippen LogP contribution is -2.53. The van der Waals surface area contributed by atoms with Gasteiger partial charge in [-0.1, -0.05) is 6.92 Å². The summed E-state index contributed by atoms with van der Waals surface area (Å²) in [5.41, 5.74) is 0. The standard InChI is InChI=1S/C14H28N2O3S2/c1-3-5-15-13-4-7-19-10-12(13)9-16-6-8-20-11-14(16)21(2,17)18/h12-15H,3-11H2,1-2H3. The lowest BCUT2D eigenvalue weighted by Gasteiger charge is -2.40. The average Bonchev–Trinajstić information content (AvgIpc) is 2.46. The van der Waals surface area contributed by atoms with Gasteiger partial charge in [-0.3, -0.25) is 4.90 Å². The van der Waals surface area contributed by atoms with Crippen molar-refractivity contribution in [3.63, 3.8) is 0 Å². The molecule has 0 amide bonds. The summed E-state index contributed by atoms with van der Waals surface area (Å²) >= 11 is 1.74. The summed E-state index contributed by atoms with van der Waals surface area (Å²) in [6.45, 7) is 6.42. The molecule has 0 bridgehead atoms. The fraction of sp³-hybridized carbons (Fsp3) is 1.00. The van der Waals surface area contributed by atoms with Crippen LogP contribution in [0.4, 0.5) is 0 Å². The van der Waals surface area contributed by atoms with Gasteiger partial charge >= 0.3 is 0 Å². The van der Waals surface area contributed by atoms with Crippen LogP contribution in [0.15, 0.2) is 0 Å². The zero-order valence-corrected chi connectivity index (χ0v) is 14.7. The minimum absolute atomic E-state index is 0.329. The fourth-order valence-electron chi connectivity index (χ4n) is 3.10. The predicted octanol–water partition coefficient (Wildman–Crippen LogP) is 0.811. The molecule has 2 heterocycles. The number of sulfone groups is 1. The first-order chi connectivity index (χ1) is 10.0. The van der Waals surface area contributed by atoms with Gasteiger partial charge in [0.05, 0.1) is 6.61 Å². The quantitative estimate of drug-likeness (QED) is 0.775. The Bertz CT molecular complexity index is 416. The normalized spacial score (nSPS) is 32.2. The molecule has 0 spiro atoms. The Labute approximate surface area is 133 Å². The van der Waals surface area contributed by atoms with E-state index < -0.39 is 9.84 Å². The molecule has 7 heteroatoms. The van der Waals surface area contributed by atoms with Crippen LogP contribution < -0.4 is 5.32 Å². The molecular weight excluding hydrogens is 308 g/mol. The Balaban J connectivity index is 1.99. The van der Waals surface area contributed by atoms with Crippen LogP contribution in [0.25, 0.3) is 0 Å². The number of ether oxygens (including phenoxy) is 1. The fourth-order valence-corrected chi connectivity index (χ4v) is 6.05. The van der Waals surface area contributed by atoms with Crippen LogP contribution in [0, 0.1) is 5.92 Å². The summed E-state index contributed by atoms with van der Waals surface area (Å²) in [6, 6.07) is 0.452. The summed E-state index contributed by atoms with van der Waals surface area (Å²) in [4.78, 5) is 2.16. The van der Waals surface area contributed by atoms with Crippen LogP contribution in [0.5, 0.6) is 0 Å². The van der Waals surface area contributed by atoms with Gasteiger partial charge in [-0.2, -0.15) is 11.8 Å². The molecule has 0 saturated carbocycles. The largest absolute Gasteiger partial charge is 0.381 e. The molecule has 2 aliphatic rings. The van der Waals surface area contributed by atoms with Gasteiger partial charge in [0.1, 0.15) is 5.37 Å². The highest BCUT2D eigenvalue weighted by Crippen LogP contribution is 2.24. The van der Waals surface area contributed by atoms with E-state index in [-0.39, 0.29) is 5.37 Å². The molecule has 0 aliphatic carbocycles. The van der Waals surface area contributed by atoms with Crippen molar-refractivity contribution in [3.05, 3.63) is 0 Å². The molecule has 2 aliphatic heterocycles. The molecule has 2 fully saturated rings. The second-order valence-electron chi connectivity index (χ2n) is 6.04. The molecule has 0 aromatic rings. The Morgan fingerprint density at radius 3 is 2.95 bits per heavy atom. The van der Waals surface area contributed by atoms with Crippen molar-refractivity contribution < 1.29 is 13.2 Å². The van der Waals surface area contributed by atoms with Crippen molar-refractivity contribution in [1.82, 2.24) is 10.2 Å². The molecule has 124 valence electrons. The van der Waals surface area contributed by atoms with E-state index in [1.165, 1.54) is 6.26 Å². The van der Waals surface area contributed by atoms with Gasteiger partial charge in [-0.25, -0.2) is 8.42 Å². The number of nitrogens with zero attached hydrogens (tertiary/aromatic N) is 1. The number of thioether (sulfide) groups is 1. The maximum Gasteiger partial charge on any atom is 0.164 e. The highest BCUT2D eigenvalue weighted by Gasteiger charge is 2.35. The van der Waals surface area contributed by atoms with Gasteiger partial charge in [0.25, 0.3) is 0 Å². The van der Waals surface area contributed by atoms with E-state index in [4.69, 9.17) is 4.74 Å². The van der Waals surface area contributed by atoms with E-state index in [0.29, 0.717) is 17.7 Å². The lowest BCUT2D eigenvalue weighted by atomic mass is 9.95. The minimum atomic E-state index is -3.02. The summed E-state index contributed by atoms with van der Waals surface area (Å²) in [7, 11) is -3.02. The first kappa shape index (κ1) is 17.5. The van der Waals surface area contributed by atoms with Crippen LogP contribution in [-0.4, -0.2) is 75.3 Å².